The molecule has 0 heterocycles. The molecule has 4 unspecified atom stereocenters. The lowest BCUT2D eigenvalue weighted by Crippen LogP contribution is -2.64. The second kappa shape index (κ2) is 7.63. The van der Waals surface area contributed by atoms with Crippen molar-refractivity contribution >= 4 is 5.91 Å². The van der Waals surface area contributed by atoms with Gasteiger partial charge in [-0.25, -0.2) is 0 Å². The maximum absolute atomic E-state index is 13.9. The van der Waals surface area contributed by atoms with Crippen molar-refractivity contribution in [3.05, 3.63) is 35.9 Å². The van der Waals surface area contributed by atoms with Gasteiger partial charge in [0.15, 0.2) is 0 Å². The molecule has 5 saturated carbocycles. The van der Waals surface area contributed by atoms with Crippen LogP contribution in [0.4, 0.5) is 0 Å². The lowest BCUT2D eigenvalue weighted by Gasteiger charge is -2.66. The molecule has 4 bridgehead atoms. The first-order valence-electron chi connectivity index (χ1n) is 12.2. The van der Waals surface area contributed by atoms with Crippen LogP contribution in [-0.2, 0) is 14.9 Å². The molecule has 0 aliphatic heterocycles. The minimum Gasteiger partial charge on any atom is -0.381 e. The van der Waals surface area contributed by atoms with Crippen LogP contribution in [0.5, 0.6) is 0 Å². The molecule has 5 aliphatic rings. The summed E-state index contributed by atoms with van der Waals surface area (Å²) in [6.45, 7) is 3.65. The van der Waals surface area contributed by atoms with Gasteiger partial charge < -0.3 is 15.8 Å². The second-order valence-electron chi connectivity index (χ2n) is 11.2. The number of hydrogen-bond donors (Lipinski definition) is 2. The lowest BCUT2D eigenvalue weighted by atomic mass is 9.38. The van der Waals surface area contributed by atoms with Crippen LogP contribution in [0.25, 0.3) is 0 Å². The maximum atomic E-state index is 13.9. The SMILES string of the molecule is CCOCC12CC3CC(C(=O)N[C@H]4CC[C@@H](N)CC4)(C1)CC(c1ccccc1)(C3)C2. The van der Waals surface area contributed by atoms with Crippen molar-refractivity contribution in [2.45, 2.75) is 88.6 Å². The first kappa shape index (κ1) is 20.5. The number of ether oxygens (including phenoxy) is 1. The molecule has 30 heavy (non-hydrogen) atoms. The van der Waals surface area contributed by atoms with Crippen LogP contribution < -0.4 is 11.1 Å². The number of benzene rings is 1. The molecular weight excluding hydrogens is 372 g/mol. The van der Waals surface area contributed by atoms with Gasteiger partial charge in [0.25, 0.3) is 0 Å². The molecule has 6 rings (SSSR count). The Morgan fingerprint density at radius 3 is 2.57 bits per heavy atom. The minimum absolute atomic E-state index is 0.129. The molecule has 5 fully saturated rings. The van der Waals surface area contributed by atoms with E-state index in [-0.39, 0.29) is 16.2 Å². The van der Waals surface area contributed by atoms with Gasteiger partial charge in [0.1, 0.15) is 0 Å². The molecule has 0 radical (unpaired) electrons. The van der Waals surface area contributed by atoms with Crippen LogP contribution in [-0.4, -0.2) is 31.2 Å². The first-order chi connectivity index (χ1) is 14.5. The number of nitrogens with two attached hydrogens (primary N) is 1. The molecule has 1 aromatic rings. The highest BCUT2D eigenvalue weighted by atomic mass is 16.5. The Morgan fingerprint density at radius 2 is 1.83 bits per heavy atom. The summed E-state index contributed by atoms with van der Waals surface area (Å²) in [6.07, 6.45) is 10.8. The van der Waals surface area contributed by atoms with Crippen LogP contribution in [0.1, 0.15) is 76.7 Å². The fourth-order valence-corrected chi connectivity index (χ4v) is 8.09. The fourth-order valence-electron chi connectivity index (χ4n) is 8.09. The lowest BCUT2D eigenvalue weighted by molar-refractivity contribution is -0.172. The Bertz CT molecular complexity index is 774. The van der Waals surface area contributed by atoms with Crippen molar-refractivity contribution in [2.24, 2.45) is 22.5 Å². The third kappa shape index (κ3) is 3.50. The molecule has 164 valence electrons. The molecule has 4 heteroatoms. The van der Waals surface area contributed by atoms with Crippen LogP contribution in [0, 0.1) is 16.7 Å². The molecule has 3 N–H and O–H groups in total. The highest BCUT2D eigenvalue weighted by Crippen LogP contribution is 2.70. The van der Waals surface area contributed by atoms with E-state index in [1.807, 2.05) is 0 Å². The molecule has 4 atom stereocenters. The third-order valence-electron chi connectivity index (χ3n) is 8.77. The van der Waals surface area contributed by atoms with E-state index >= 15 is 0 Å². The Hall–Kier alpha value is -1.39. The van der Waals surface area contributed by atoms with Crippen LogP contribution in [0.15, 0.2) is 30.3 Å². The second-order valence-corrected chi connectivity index (χ2v) is 11.2. The van der Waals surface area contributed by atoms with E-state index < -0.39 is 0 Å². The highest BCUT2D eigenvalue weighted by molar-refractivity contribution is 5.84. The van der Waals surface area contributed by atoms with Crippen LogP contribution >= 0.6 is 0 Å². The Balaban J connectivity index is 1.45. The summed E-state index contributed by atoms with van der Waals surface area (Å²) in [6, 6.07) is 11.7. The molecule has 1 aromatic carbocycles. The number of nitrogens with one attached hydrogen (secondary N) is 1. The van der Waals surface area contributed by atoms with E-state index in [1.54, 1.807) is 0 Å². The van der Waals surface area contributed by atoms with E-state index in [4.69, 9.17) is 10.5 Å². The number of carbonyl (C=O) groups excluding carboxylic acids is 1. The summed E-state index contributed by atoms with van der Waals surface area (Å²) < 4.78 is 6.04. The van der Waals surface area contributed by atoms with Gasteiger partial charge in [-0.1, -0.05) is 30.3 Å². The highest BCUT2D eigenvalue weighted by Gasteiger charge is 2.66. The van der Waals surface area contributed by atoms with E-state index in [0.717, 1.165) is 58.2 Å². The molecule has 5 aliphatic carbocycles. The number of rotatable bonds is 6. The van der Waals surface area contributed by atoms with Crippen molar-refractivity contribution in [3.63, 3.8) is 0 Å². The summed E-state index contributed by atoms with van der Waals surface area (Å²) in [5.41, 5.74) is 7.58. The predicted molar refractivity (Wildman–Crippen MR) is 119 cm³/mol. The van der Waals surface area contributed by atoms with Gasteiger partial charge in [-0.3, -0.25) is 4.79 Å². The van der Waals surface area contributed by atoms with Gasteiger partial charge >= 0.3 is 0 Å². The fraction of sp³-hybridized carbons (Fsp3) is 0.731. The average Bonchev–Trinajstić information content (AvgIpc) is 2.74. The summed E-state index contributed by atoms with van der Waals surface area (Å²) in [4.78, 5) is 13.9. The summed E-state index contributed by atoms with van der Waals surface area (Å²) >= 11 is 0. The van der Waals surface area contributed by atoms with E-state index in [0.29, 0.717) is 23.9 Å². The zero-order valence-corrected chi connectivity index (χ0v) is 18.5. The predicted octanol–water partition coefficient (Wildman–Crippen LogP) is 4.32. The standard InChI is InChI=1S/C26H38N2O2/c1-2-30-18-24-12-19-13-25(15-24,20-6-4-3-5-7-20)17-26(14-19,16-24)23(29)28-22-10-8-21(27)9-11-22/h3-7,19,21-22H,2,8-18,27H2,1H3,(H,28,29)/t19?,21-,22+,24?,25?,26?. The van der Waals surface area contributed by atoms with Gasteiger partial charge in [0.05, 0.1) is 12.0 Å². The van der Waals surface area contributed by atoms with Crippen molar-refractivity contribution < 1.29 is 9.53 Å². The number of hydrogen-bond acceptors (Lipinski definition) is 3. The molecule has 1 amide bonds. The van der Waals surface area contributed by atoms with Crippen LogP contribution in [0.3, 0.4) is 0 Å². The van der Waals surface area contributed by atoms with E-state index in [2.05, 4.69) is 42.6 Å². The summed E-state index contributed by atoms with van der Waals surface area (Å²) in [7, 11) is 0. The van der Waals surface area contributed by atoms with Gasteiger partial charge in [-0.2, -0.15) is 0 Å². The molecular formula is C26H38N2O2. The average molecular weight is 411 g/mol. The van der Waals surface area contributed by atoms with Gasteiger partial charge in [-0.15, -0.1) is 0 Å². The normalized spacial score (nSPS) is 42.3. The number of amides is 1. The van der Waals surface area contributed by atoms with Gasteiger partial charge in [0.2, 0.25) is 5.91 Å². The third-order valence-corrected chi connectivity index (χ3v) is 8.77. The smallest absolute Gasteiger partial charge is 0.226 e. The zero-order valence-electron chi connectivity index (χ0n) is 18.5. The Morgan fingerprint density at radius 1 is 1.07 bits per heavy atom. The zero-order chi connectivity index (χ0) is 20.8. The topological polar surface area (TPSA) is 64.3 Å². The minimum atomic E-state index is -0.230. The summed E-state index contributed by atoms with van der Waals surface area (Å²) in [5.74, 6) is 0.959. The van der Waals surface area contributed by atoms with Crippen molar-refractivity contribution in [3.8, 4) is 0 Å². The number of carbonyl (C=O) groups is 1. The van der Waals surface area contributed by atoms with Gasteiger partial charge in [0, 0.05) is 18.7 Å². The Kier molecular flexibility index (Phi) is 5.22. The van der Waals surface area contributed by atoms with E-state index in [1.165, 1.54) is 24.8 Å². The maximum Gasteiger partial charge on any atom is 0.226 e. The van der Waals surface area contributed by atoms with E-state index in [9.17, 15) is 4.79 Å². The first-order valence-corrected chi connectivity index (χ1v) is 12.2. The molecule has 0 saturated heterocycles. The molecule has 4 nitrogen and oxygen atoms in total. The molecule has 0 spiro atoms. The summed E-state index contributed by atoms with van der Waals surface area (Å²) in [5, 5.41) is 3.50. The monoisotopic (exact) mass is 410 g/mol. The largest absolute Gasteiger partial charge is 0.381 e. The van der Waals surface area contributed by atoms with Gasteiger partial charge in [-0.05, 0) is 93.4 Å². The quantitative estimate of drug-likeness (QED) is 0.734. The Labute approximate surface area is 181 Å². The van der Waals surface area contributed by atoms with Crippen molar-refractivity contribution in [2.75, 3.05) is 13.2 Å². The van der Waals surface area contributed by atoms with Crippen molar-refractivity contribution in [1.29, 1.82) is 0 Å². The van der Waals surface area contributed by atoms with Crippen LogP contribution in [0.2, 0.25) is 0 Å². The van der Waals surface area contributed by atoms with Crippen molar-refractivity contribution in [1.82, 2.24) is 5.32 Å². The molecule has 0 aromatic heterocycles.